The lowest BCUT2D eigenvalue weighted by molar-refractivity contribution is -0.137. The van der Waals surface area contributed by atoms with E-state index in [0.29, 0.717) is 42.4 Å². The zero-order valence-electron chi connectivity index (χ0n) is 32.9. The van der Waals surface area contributed by atoms with Gasteiger partial charge in [0.15, 0.2) is 15.7 Å². The highest BCUT2D eigenvalue weighted by Crippen LogP contribution is 2.41. The van der Waals surface area contributed by atoms with Crippen LogP contribution < -0.4 is 20.7 Å². The van der Waals surface area contributed by atoms with Gasteiger partial charge in [-0.15, -0.1) is 0 Å². The fourth-order valence-corrected chi connectivity index (χ4v) is 9.78. The number of anilines is 4. The second-order valence-corrected chi connectivity index (χ2v) is 19.1. The van der Waals surface area contributed by atoms with Crippen LogP contribution in [0.15, 0.2) is 65.7 Å². The molecule has 0 aliphatic carbocycles. The smallest absolute Gasteiger partial charge is 0.243 e. The number of nitrogens with zero attached hydrogens (tertiary/aromatic N) is 4. The number of amides is 2. The highest BCUT2D eigenvalue weighted by molar-refractivity contribution is 7.92. The van der Waals surface area contributed by atoms with Gasteiger partial charge in [-0.05, 0) is 125 Å². The third-order valence-corrected chi connectivity index (χ3v) is 14.0. The SMILES string of the molecule is Cc1cc(Nc2ncc(Cl)c(Nc3ccccc3S(=O)(=O)C(C)C)n2)c(OC(C)C)cc1C1CCN(Cc2ccc3c(c2)C(S)N(C2CCC(=O)NC2=O)C3)CC1. The van der Waals surface area contributed by atoms with Crippen molar-refractivity contribution in [2.75, 3.05) is 23.7 Å². The molecule has 3 N–H and O–H groups in total. The second-order valence-electron chi connectivity index (χ2n) is 15.7. The molecule has 7 rings (SSSR count). The van der Waals surface area contributed by atoms with E-state index in [1.165, 1.54) is 22.9 Å². The highest BCUT2D eigenvalue weighted by atomic mass is 35.5. The van der Waals surface area contributed by atoms with E-state index in [2.05, 4.69) is 73.0 Å². The van der Waals surface area contributed by atoms with E-state index in [4.69, 9.17) is 29.0 Å². The lowest BCUT2D eigenvalue weighted by atomic mass is 9.86. The predicted octanol–water partition coefficient (Wildman–Crippen LogP) is 7.82. The lowest BCUT2D eigenvalue weighted by Gasteiger charge is -2.33. The van der Waals surface area contributed by atoms with Gasteiger partial charge in [0.2, 0.25) is 17.8 Å². The molecule has 4 heterocycles. The Morgan fingerprint density at radius 1 is 0.982 bits per heavy atom. The summed E-state index contributed by atoms with van der Waals surface area (Å²) in [6, 6.07) is 17.1. The molecule has 0 spiro atoms. The Hall–Kier alpha value is -4.21. The van der Waals surface area contributed by atoms with Crippen LogP contribution in [0.3, 0.4) is 0 Å². The van der Waals surface area contributed by atoms with Gasteiger partial charge in [0, 0.05) is 19.5 Å². The Balaban J connectivity index is 1.02. The number of carbonyl (C=O) groups is 2. The second kappa shape index (κ2) is 16.9. The van der Waals surface area contributed by atoms with Gasteiger partial charge in [-0.3, -0.25) is 24.7 Å². The molecule has 0 saturated carbocycles. The third kappa shape index (κ3) is 8.95. The van der Waals surface area contributed by atoms with Gasteiger partial charge >= 0.3 is 0 Å². The van der Waals surface area contributed by atoms with Gasteiger partial charge in [0.1, 0.15) is 10.8 Å². The van der Waals surface area contributed by atoms with Crippen LogP contribution in [-0.2, 0) is 32.5 Å². The summed E-state index contributed by atoms with van der Waals surface area (Å²) >= 11 is 11.4. The normalized spacial score (nSPS) is 19.5. The first-order valence-electron chi connectivity index (χ1n) is 19.5. The maximum Gasteiger partial charge on any atom is 0.243 e. The van der Waals surface area contributed by atoms with Crippen molar-refractivity contribution in [3.05, 3.63) is 93.6 Å². The molecule has 0 bridgehead atoms. The van der Waals surface area contributed by atoms with Crippen molar-refractivity contribution < 1.29 is 22.7 Å². The fourth-order valence-electron chi connectivity index (χ4n) is 7.96. The number of thiol groups is 1. The summed E-state index contributed by atoms with van der Waals surface area (Å²) in [6.07, 6.45) is 4.27. The molecule has 57 heavy (non-hydrogen) atoms. The Morgan fingerprint density at radius 2 is 1.74 bits per heavy atom. The number of likely N-dealkylation sites (tertiary alicyclic amines) is 1. The number of benzene rings is 3. The number of aromatic nitrogens is 2. The fraction of sp³-hybridized carbons (Fsp3) is 0.429. The molecular formula is C42H50ClN7O5S2. The van der Waals surface area contributed by atoms with Crippen molar-refractivity contribution in [2.24, 2.45) is 0 Å². The third-order valence-electron chi connectivity index (χ3n) is 11.0. The van der Waals surface area contributed by atoms with E-state index in [9.17, 15) is 18.0 Å². The average molecular weight is 832 g/mol. The van der Waals surface area contributed by atoms with E-state index >= 15 is 0 Å². The number of rotatable bonds is 12. The standard InChI is InChI=1S/C42H50ClN7O5S2/c1-24(2)55-36-20-30(26(5)18-34(36)46-42-44-21-32(43)39(48-42)45-33-8-6-7-9-37(33)57(53,54)25(3)4)28-14-16-49(17-15-28)22-27-10-11-29-23-50(41(56)31(29)19-27)35-12-13-38(51)47-40(35)52/h6-11,18-21,24-25,28,35,41,56H,12-17,22-23H2,1-5H3,(H,47,51,52)(H2,44,45,46,48). The zero-order valence-corrected chi connectivity index (χ0v) is 35.3. The largest absolute Gasteiger partial charge is 0.489 e. The van der Waals surface area contributed by atoms with Crippen molar-refractivity contribution in [2.45, 2.75) is 107 Å². The van der Waals surface area contributed by atoms with Crippen molar-refractivity contribution in [3.63, 3.8) is 0 Å². The topological polar surface area (TPSA) is 146 Å². The molecule has 302 valence electrons. The first-order valence-corrected chi connectivity index (χ1v) is 21.9. The van der Waals surface area contributed by atoms with Gasteiger partial charge in [0.05, 0.1) is 45.2 Å². The lowest BCUT2D eigenvalue weighted by Crippen LogP contribution is -2.51. The molecule has 2 fully saturated rings. The van der Waals surface area contributed by atoms with E-state index < -0.39 is 15.1 Å². The number of hydrogen-bond acceptors (Lipinski definition) is 12. The Labute approximate surface area is 345 Å². The van der Waals surface area contributed by atoms with Crippen molar-refractivity contribution in [1.82, 2.24) is 25.1 Å². The van der Waals surface area contributed by atoms with Crippen molar-refractivity contribution in [3.8, 4) is 5.75 Å². The molecule has 1 aromatic heterocycles. The van der Waals surface area contributed by atoms with Gasteiger partial charge in [0.25, 0.3) is 0 Å². The molecule has 3 aromatic carbocycles. The maximum absolute atomic E-state index is 13.1. The molecule has 3 aliphatic heterocycles. The number of piperidine rings is 2. The van der Waals surface area contributed by atoms with Crippen LogP contribution in [0.25, 0.3) is 0 Å². The monoisotopic (exact) mass is 831 g/mol. The van der Waals surface area contributed by atoms with Crippen molar-refractivity contribution in [1.29, 1.82) is 0 Å². The summed E-state index contributed by atoms with van der Waals surface area (Å²) in [4.78, 5) is 38.1. The summed E-state index contributed by atoms with van der Waals surface area (Å²) in [6.45, 7) is 12.8. The van der Waals surface area contributed by atoms with E-state index in [0.717, 1.165) is 43.6 Å². The van der Waals surface area contributed by atoms with Gasteiger partial charge < -0.3 is 15.4 Å². The van der Waals surface area contributed by atoms with Crippen LogP contribution in [0, 0.1) is 6.92 Å². The molecule has 2 unspecified atom stereocenters. The van der Waals surface area contributed by atoms with Crippen LogP contribution in [0.4, 0.5) is 23.1 Å². The number of ether oxygens (including phenoxy) is 1. The van der Waals surface area contributed by atoms with Gasteiger partial charge in [-0.1, -0.05) is 41.9 Å². The quantitative estimate of drug-likeness (QED) is 0.0819. The van der Waals surface area contributed by atoms with Crippen LogP contribution in [-0.4, -0.2) is 70.5 Å². The maximum atomic E-state index is 13.1. The van der Waals surface area contributed by atoms with Crippen LogP contribution >= 0.6 is 24.2 Å². The molecule has 2 amide bonds. The number of sulfone groups is 1. The van der Waals surface area contributed by atoms with E-state index in [1.807, 2.05) is 13.8 Å². The van der Waals surface area contributed by atoms with Crippen LogP contribution in [0.5, 0.6) is 5.75 Å². The summed E-state index contributed by atoms with van der Waals surface area (Å²) in [5, 5.41) is 8.38. The summed E-state index contributed by atoms with van der Waals surface area (Å²) in [7, 11) is -3.57. The van der Waals surface area contributed by atoms with Crippen LogP contribution in [0.2, 0.25) is 5.02 Å². The minimum absolute atomic E-state index is 0.0778. The number of fused-ring (bicyclic) bond motifs is 1. The number of aryl methyl sites for hydroxylation is 1. The van der Waals surface area contributed by atoms with E-state index in [1.54, 1.807) is 38.1 Å². The Morgan fingerprint density at radius 3 is 2.46 bits per heavy atom. The first kappa shape index (κ1) is 41.0. The predicted molar refractivity (Wildman–Crippen MR) is 226 cm³/mol. The zero-order chi connectivity index (χ0) is 40.6. The molecule has 2 saturated heterocycles. The Bertz CT molecular complexity index is 2280. The number of imide groups is 1. The minimum atomic E-state index is -3.57. The molecule has 2 atom stereocenters. The summed E-state index contributed by atoms with van der Waals surface area (Å²) in [5.41, 5.74) is 7.02. The number of para-hydroxylation sites is 1. The number of halogens is 1. The minimum Gasteiger partial charge on any atom is -0.489 e. The van der Waals surface area contributed by atoms with Crippen molar-refractivity contribution >= 4 is 69.0 Å². The highest BCUT2D eigenvalue weighted by Gasteiger charge is 2.39. The van der Waals surface area contributed by atoms with E-state index in [-0.39, 0.29) is 51.0 Å². The number of hydrogen-bond donors (Lipinski definition) is 4. The van der Waals surface area contributed by atoms with Gasteiger partial charge in [-0.25, -0.2) is 13.4 Å². The number of nitrogens with one attached hydrogen (secondary N) is 3. The average Bonchev–Trinajstić information content (AvgIpc) is 3.49. The number of carbonyl (C=O) groups excluding carboxylic acids is 2. The summed E-state index contributed by atoms with van der Waals surface area (Å²) in [5.74, 6) is 1.16. The van der Waals surface area contributed by atoms with Crippen LogP contribution in [0.1, 0.15) is 92.5 Å². The molecule has 15 heteroatoms. The summed E-state index contributed by atoms with van der Waals surface area (Å²) < 4.78 is 32.5. The molecule has 0 radical (unpaired) electrons. The Kier molecular flexibility index (Phi) is 12.2. The molecule has 3 aliphatic rings. The molecule has 4 aromatic rings. The molecular weight excluding hydrogens is 782 g/mol. The molecule has 12 nitrogen and oxygen atoms in total. The first-order chi connectivity index (χ1) is 27.2. The van der Waals surface area contributed by atoms with Gasteiger partial charge in [-0.2, -0.15) is 17.6 Å².